The van der Waals surface area contributed by atoms with Gasteiger partial charge in [0.1, 0.15) is 35.7 Å². The normalized spacial score (nSPS) is 11.3. The minimum absolute atomic E-state index is 0.273. The van der Waals surface area contributed by atoms with E-state index in [0.29, 0.717) is 22.9 Å². The highest BCUT2D eigenvalue weighted by atomic mass is 19.1. The number of fused-ring (bicyclic) bond motifs is 1. The lowest BCUT2D eigenvalue weighted by Crippen LogP contribution is -1.99. The van der Waals surface area contributed by atoms with Gasteiger partial charge in [0.2, 0.25) is 0 Å². The Morgan fingerprint density at radius 1 is 1.03 bits per heavy atom. The van der Waals surface area contributed by atoms with Crippen molar-refractivity contribution in [2.75, 3.05) is 0 Å². The number of oxazole rings is 1. The number of benzene rings is 2. The Balaban J connectivity index is 1.12. The van der Waals surface area contributed by atoms with Crippen LogP contribution in [0.25, 0.3) is 22.6 Å². The summed E-state index contributed by atoms with van der Waals surface area (Å²) in [4.78, 5) is 4.41. The van der Waals surface area contributed by atoms with Crippen molar-refractivity contribution in [3.05, 3.63) is 84.3 Å². The topological polar surface area (TPSA) is 79.1 Å². The molecule has 0 saturated heterocycles. The second-order valence-corrected chi connectivity index (χ2v) is 7.49. The van der Waals surface area contributed by atoms with E-state index >= 15 is 0 Å². The molecule has 3 aromatic heterocycles. The van der Waals surface area contributed by atoms with Gasteiger partial charge in [0.25, 0.3) is 5.89 Å². The summed E-state index contributed by atoms with van der Waals surface area (Å²) in [6, 6.07) is 14.2. The number of furan rings is 1. The third-order valence-corrected chi connectivity index (χ3v) is 5.13. The highest BCUT2D eigenvalue weighted by Gasteiger charge is 2.13. The highest BCUT2D eigenvalue weighted by molar-refractivity contribution is 5.81. The number of aromatic nitrogens is 4. The quantitative estimate of drug-likeness (QED) is 0.289. The number of hydrogen-bond acceptors (Lipinski definition) is 6. The van der Waals surface area contributed by atoms with E-state index < -0.39 is 0 Å². The Labute approximate surface area is 183 Å². The molecule has 0 aliphatic heterocycles. The molecule has 162 valence electrons. The number of unbranched alkanes of at least 4 members (excludes halogenated alkanes) is 1. The fourth-order valence-corrected chi connectivity index (χ4v) is 3.46. The molecule has 0 aliphatic carbocycles. The van der Waals surface area contributed by atoms with Crippen LogP contribution in [-0.4, -0.2) is 20.0 Å². The van der Waals surface area contributed by atoms with E-state index in [1.165, 1.54) is 24.0 Å². The lowest BCUT2D eigenvalue weighted by Gasteiger charge is -2.06. The summed E-state index contributed by atoms with van der Waals surface area (Å²) >= 11 is 0. The zero-order valence-electron chi connectivity index (χ0n) is 17.3. The van der Waals surface area contributed by atoms with Crippen molar-refractivity contribution in [2.45, 2.75) is 32.4 Å². The molecule has 0 radical (unpaired) electrons. The molecular formula is C24H21FN4O3. The summed E-state index contributed by atoms with van der Waals surface area (Å²) in [5.41, 5.74) is 2.36. The van der Waals surface area contributed by atoms with Crippen LogP contribution < -0.4 is 4.74 Å². The largest absolute Gasteiger partial charge is 0.487 e. The maximum atomic E-state index is 13.3. The predicted molar refractivity (Wildman–Crippen MR) is 115 cm³/mol. The van der Waals surface area contributed by atoms with Gasteiger partial charge in [0.05, 0.1) is 6.20 Å². The van der Waals surface area contributed by atoms with Crippen LogP contribution in [0.2, 0.25) is 0 Å². The van der Waals surface area contributed by atoms with Gasteiger partial charge in [0.15, 0.2) is 5.76 Å². The molecule has 0 spiro atoms. The lowest BCUT2D eigenvalue weighted by molar-refractivity contribution is 0.301. The molecule has 7 nitrogen and oxygen atoms in total. The van der Waals surface area contributed by atoms with Gasteiger partial charge in [-0.05, 0) is 55.2 Å². The van der Waals surface area contributed by atoms with Gasteiger partial charge in [-0.3, -0.25) is 4.68 Å². The molecule has 0 N–H and O–H groups in total. The average Bonchev–Trinajstić information content (AvgIpc) is 3.56. The number of hydrogen-bond donors (Lipinski definition) is 0. The number of rotatable bonds is 9. The van der Waals surface area contributed by atoms with Crippen molar-refractivity contribution < 1.29 is 18.0 Å². The molecule has 0 unspecified atom stereocenters. The van der Waals surface area contributed by atoms with E-state index in [1.807, 2.05) is 23.0 Å². The summed E-state index contributed by atoms with van der Waals surface area (Å²) in [6.07, 6.45) is 8.24. The zero-order chi connectivity index (χ0) is 21.8. The van der Waals surface area contributed by atoms with Crippen LogP contribution in [0.5, 0.6) is 5.75 Å². The van der Waals surface area contributed by atoms with Crippen LogP contribution in [0.1, 0.15) is 24.1 Å². The maximum Gasteiger partial charge on any atom is 0.263 e. The van der Waals surface area contributed by atoms with Crippen LogP contribution in [0.3, 0.4) is 0 Å². The van der Waals surface area contributed by atoms with Crippen LogP contribution in [0.15, 0.2) is 76.0 Å². The molecule has 2 aromatic carbocycles. The lowest BCUT2D eigenvalue weighted by atomic mass is 10.1. The van der Waals surface area contributed by atoms with Gasteiger partial charge in [0, 0.05) is 24.2 Å². The summed E-state index contributed by atoms with van der Waals surface area (Å²) in [6.45, 7) is 1.15. The first kappa shape index (κ1) is 20.0. The Morgan fingerprint density at radius 2 is 1.94 bits per heavy atom. The van der Waals surface area contributed by atoms with Crippen molar-refractivity contribution in [3.63, 3.8) is 0 Å². The Hall–Kier alpha value is -3.94. The van der Waals surface area contributed by atoms with Crippen molar-refractivity contribution in [1.29, 1.82) is 0 Å². The van der Waals surface area contributed by atoms with Crippen LogP contribution in [-0.2, 0) is 19.6 Å². The average molecular weight is 432 g/mol. The van der Waals surface area contributed by atoms with Gasteiger partial charge in [-0.15, -0.1) is 5.10 Å². The minimum Gasteiger partial charge on any atom is -0.487 e. The zero-order valence-corrected chi connectivity index (χ0v) is 17.3. The molecule has 0 atom stereocenters. The first-order valence-electron chi connectivity index (χ1n) is 10.4. The third kappa shape index (κ3) is 4.69. The monoisotopic (exact) mass is 432 g/mol. The summed E-state index contributed by atoms with van der Waals surface area (Å²) in [5.74, 6) is 1.20. The van der Waals surface area contributed by atoms with E-state index in [0.717, 1.165) is 36.9 Å². The molecule has 3 heterocycles. The van der Waals surface area contributed by atoms with Gasteiger partial charge < -0.3 is 13.6 Å². The van der Waals surface area contributed by atoms with Gasteiger partial charge in [-0.1, -0.05) is 17.3 Å². The summed E-state index contributed by atoms with van der Waals surface area (Å²) in [5, 5.41) is 8.57. The maximum absolute atomic E-state index is 13.3. The van der Waals surface area contributed by atoms with Gasteiger partial charge in [-0.25, -0.2) is 9.37 Å². The van der Waals surface area contributed by atoms with Crippen molar-refractivity contribution in [1.82, 2.24) is 20.0 Å². The molecule has 0 aliphatic rings. The van der Waals surface area contributed by atoms with Crippen LogP contribution in [0.4, 0.5) is 4.39 Å². The summed E-state index contributed by atoms with van der Waals surface area (Å²) in [7, 11) is 0. The first-order valence-corrected chi connectivity index (χ1v) is 10.4. The highest BCUT2D eigenvalue weighted by Crippen LogP contribution is 2.28. The molecule has 0 amide bonds. The predicted octanol–water partition coefficient (Wildman–Crippen LogP) is 5.42. The molecule has 0 fully saturated rings. The van der Waals surface area contributed by atoms with Crippen LogP contribution >= 0.6 is 0 Å². The molecule has 5 rings (SSSR count). The second kappa shape index (κ2) is 9.05. The Morgan fingerprint density at radius 3 is 2.78 bits per heavy atom. The molecule has 0 bridgehead atoms. The molecule has 32 heavy (non-hydrogen) atoms. The van der Waals surface area contributed by atoms with E-state index in [9.17, 15) is 4.39 Å². The Kier molecular flexibility index (Phi) is 5.65. The first-order chi connectivity index (χ1) is 15.7. The van der Waals surface area contributed by atoms with Crippen molar-refractivity contribution in [3.8, 4) is 17.4 Å². The third-order valence-electron chi connectivity index (χ3n) is 5.13. The van der Waals surface area contributed by atoms with E-state index in [4.69, 9.17) is 13.6 Å². The molecule has 0 saturated carbocycles. The number of halogens is 1. The number of nitrogens with zero attached hydrogens (tertiary/aromatic N) is 4. The van der Waals surface area contributed by atoms with E-state index in [1.54, 1.807) is 18.3 Å². The second-order valence-electron chi connectivity index (χ2n) is 7.49. The molecule has 5 aromatic rings. The molecular weight excluding hydrogens is 411 g/mol. The molecule has 8 heteroatoms. The van der Waals surface area contributed by atoms with E-state index in [-0.39, 0.29) is 12.4 Å². The number of ether oxygens (including phenoxy) is 1. The summed E-state index contributed by atoms with van der Waals surface area (Å²) < 4.78 is 32.2. The Bertz CT molecular complexity index is 1290. The fraction of sp³-hybridized carbons (Fsp3) is 0.208. The SMILES string of the molecule is Fc1ccc2cc(-c3nc(COc4ccc(CCCCn5ccnn5)cc4)co3)oc2c1. The number of aryl methyl sites for hydroxylation is 2. The standard InChI is InChI=1S/C24H21FN4O3/c25-19-7-6-18-13-23(32-22(18)14-19)24-27-20(16-31-24)15-30-21-8-4-17(5-9-21)3-1-2-11-29-12-10-26-28-29/h4-10,12-14,16H,1-3,11,15H2. The fourth-order valence-electron chi connectivity index (χ4n) is 3.46. The van der Waals surface area contributed by atoms with Gasteiger partial charge in [-0.2, -0.15) is 0 Å². The van der Waals surface area contributed by atoms with Crippen LogP contribution in [0, 0.1) is 5.82 Å². The van der Waals surface area contributed by atoms with Crippen molar-refractivity contribution in [2.24, 2.45) is 0 Å². The van der Waals surface area contributed by atoms with E-state index in [2.05, 4.69) is 27.4 Å². The smallest absolute Gasteiger partial charge is 0.263 e. The van der Waals surface area contributed by atoms with Crippen molar-refractivity contribution >= 4 is 11.0 Å². The van der Waals surface area contributed by atoms with Gasteiger partial charge >= 0.3 is 0 Å². The minimum atomic E-state index is -0.349.